The highest BCUT2D eigenvalue weighted by Gasteiger charge is 2.41. The molecule has 1 aliphatic carbocycles. The summed E-state index contributed by atoms with van der Waals surface area (Å²) in [6.07, 6.45) is 5.77. The maximum Gasteiger partial charge on any atom is 0.0863 e. The molecule has 2 rings (SSSR count). The summed E-state index contributed by atoms with van der Waals surface area (Å²) in [6, 6.07) is 0. The van der Waals surface area contributed by atoms with Crippen molar-refractivity contribution in [1.29, 1.82) is 0 Å². The average molecular weight is 288 g/mol. The molecule has 1 aliphatic rings. The Morgan fingerprint density at radius 3 is 2.67 bits per heavy atom. The van der Waals surface area contributed by atoms with Crippen molar-refractivity contribution in [2.45, 2.75) is 50.9 Å². The first-order valence-corrected chi connectivity index (χ1v) is 8.26. The molecule has 1 fully saturated rings. The molecule has 0 saturated heterocycles. The fraction of sp³-hybridized carbons (Fsp3) is 0.769. The molecule has 3 nitrogen and oxygen atoms in total. The molecule has 0 aromatic carbocycles. The molecular weight excluding hydrogens is 266 g/mol. The third-order valence-electron chi connectivity index (χ3n) is 3.67. The van der Waals surface area contributed by atoms with Crippen molar-refractivity contribution in [2.75, 3.05) is 12.8 Å². The summed E-state index contributed by atoms with van der Waals surface area (Å²) in [5.74, 6) is 0. The summed E-state index contributed by atoms with van der Waals surface area (Å²) in [7, 11) is 0. The molecule has 0 aliphatic heterocycles. The number of aryl methyl sites for hydroxylation is 2. The summed E-state index contributed by atoms with van der Waals surface area (Å²) >= 11 is 8.36. The van der Waals surface area contributed by atoms with E-state index in [1.165, 1.54) is 12.8 Å². The van der Waals surface area contributed by atoms with E-state index in [0.717, 1.165) is 42.5 Å². The number of rotatable bonds is 7. The predicted octanol–water partition coefficient (Wildman–Crippen LogP) is 3.10. The Morgan fingerprint density at radius 1 is 1.44 bits per heavy atom. The molecule has 1 saturated carbocycles. The lowest BCUT2D eigenvalue weighted by molar-refractivity contribution is 0.573. The lowest BCUT2D eigenvalue weighted by Gasteiger charge is -2.13. The minimum atomic E-state index is 0.497. The van der Waals surface area contributed by atoms with Crippen LogP contribution in [0.3, 0.4) is 0 Å². The lowest BCUT2D eigenvalue weighted by atomic mass is 10.3. The minimum absolute atomic E-state index is 0.497. The molecule has 102 valence electrons. The SMILES string of the molecule is CCc1nn(CC)c(CNCC2(SC)CC2)c1Cl. The average Bonchev–Trinajstić information content (AvgIpc) is 3.10. The highest BCUT2D eigenvalue weighted by atomic mass is 35.5. The molecule has 1 heterocycles. The number of nitrogens with one attached hydrogen (secondary N) is 1. The molecule has 1 N–H and O–H groups in total. The van der Waals surface area contributed by atoms with Crippen molar-refractivity contribution in [3.05, 3.63) is 16.4 Å². The van der Waals surface area contributed by atoms with Gasteiger partial charge in [0.1, 0.15) is 0 Å². The van der Waals surface area contributed by atoms with Gasteiger partial charge in [-0.3, -0.25) is 4.68 Å². The molecule has 0 atom stereocenters. The van der Waals surface area contributed by atoms with Gasteiger partial charge in [-0.15, -0.1) is 0 Å². The van der Waals surface area contributed by atoms with Crippen LogP contribution in [0.2, 0.25) is 5.02 Å². The maximum absolute atomic E-state index is 6.38. The van der Waals surface area contributed by atoms with Gasteiger partial charge in [-0.25, -0.2) is 0 Å². The van der Waals surface area contributed by atoms with Gasteiger partial charge in [0.2, 0.25) is 0 Å². The minimum Gasteiger partial charge on any atom is -0.310 e. The van der Waals surface area contributed by atoms with Crippen molar-refractivity contribution >= 4 is 23.4 Å². The van der Waals surface area contributed by atoms with Gasteiger partial charge in [-0.1, -0.05) is 18.5 Å². The zero-order valence-corrected chi connectivity index (χ0v) is 13.0. The van der Waals surface area contributed by atoms with Crippen LogP contribution in [-0.4, -0.2) is 27.3 Å². The van der Waals surface area contributed by atoms with Gasteiger partial charge >= 0.3 is 0 Å². The Balaban J connectivity index is 1.97. The molecule has 1 aromatic heterocycles. The number of hydrogen-bond donors (Lipinski definition) is 1. The van der Waals surface area contributed by atoms with E-state index in [-0.39, 0.29) is 0 Å². The van der Waals surface area contributed by atoms with E-state index in [4.69, 9.17) is 11.6 Å². The van der Waals surface area contributed by atoms with E-state index < -0.39 is 0 Å². The summed E-state index contributed by atoms with van der Waals surface area (Å²) in [5.41, 5.74) is 2.15. The van der Waals surface area contributed by atoms with Crippen LogP contribution < -0.4 is 5.32 Å². The molecule has 0 spiro atoms. The van der Waals surface area contributed by atoms with Crippen molar-refractivity contribution in [3.8, 4) is 0 Å². The van der Waals surface area contributed by atoms with Crippen molar-refractivity contribution < 1.29 is 0 Å². The van der Waals surface area contributed by atoms with E-state index in [1.54, 1.807) is 0 Å². The molecule has 5 heteroatoms. The quantitative estimate of drug-likeness (QED) is 0.836. The van der Waals surface area contributed by atoms with Crippen LogP contribution in [0.5, 0.6) is 0 Å². The fourth-order valence-corrected chi connectivity index (χ4v) is 3.28. The van der Waals surface area contributed by atoms with Crippen LogP contribution in [0.25, 0.3) is 0 Å². The van der Waals surface area contributed by atoms with Gasteiger partial charge in [0, 0.05) is 24.4 Å². The largest absolute Gasteiger partial charge is 0.310 e. The van der Waals surface area contributed by atoms with E-state index in [2.05, 4.69) is 30.5 Å². The predicted molar refractivity (Wildman–Crippen MR) is 79.5 cm³/mol. The third kappa shape index (κ3) is 2.86. The zero-order valence-electron chi connectivity index (χ0n) is 11.4. The number of hydrogen-bond acceptors (Lipinski definition) is 3. The topological polar surface area (TPSA) is 29.9 Å². The van der Waals surface area contributed by atoms with Gasteiger partial charge in [0.25, 0.3) is 0 Å². The maximum atomic E-state index is 6.38. The third-order valence-corrected chi connectivity index (χ3v) is 5.53. The number of halogens is 1. The van der Waals surface area contributed by atoms with E-state index in [0.29, 0.717) is 4.75 Å². The Hall–Kier alpha value is -0.190. The molecular formula is C13H22ClN3S. The monoisotopic (exact) mass is 287 g/mol. The molecule has 0 radical (unpaired) electrons. The Bertz CT molecular complexity index is 413. The second kappa shape index (κ2) is 5.85. The number of aromatic nitrogens is 2. The second-order valence-corrected chi connectivity index (χ2v) is 6.52. The first kappa shape index (κ1) is 14.2. The summed E-state index contributed by atoms with van der Waals surface area (Å²) in [4.78, 5) is 0. The Morgan fingerprint density at radius 2 is 2.17 bits per heavy atom. The van der Waals surface area contributed by atoms with Crippen molar-refractivity contribution in [2.24, 2.45) is 0 Å². The van der Waals surface area contributed by atoms with Gasteiger partial charge < -0.3 is 5.32 Å². The van der Waals surface area contributed by atoms with Crippen molar-refractivity contribution in [3.63, 3.8) is 0 Å². The molecule has 0 amide bonds. The van der Waals surface area contributed by atoms with E-state index in [9.17, 15) is 0 Å². The van der Waals surface area contributed by atoms with Crippen LogP contribution in [-0.2, 0) is 19.5 Å². The van der Waals surface area contributed by atoms with Gasteiger partial charge in [-0.2, -0.15) is 16.9 Å². The van der Waals surface area contributed by atoms with Crippen molar-refractivity contribution in [1.82, 2.24) is 15.1 Å². The van der Waals surface area contributed by atoms with Crippen LogP contribution >= 0.6 is 23.4 Å². The summed E-state index contributed by atoms with van der Waals surface area (Å²) in [6.45, 7) is 6.97. The first-order chi connectivity index (χ1) is 8.65. The van der Waals surface area contributed by atoms with Crippen LogP contribution in [0.15, 0.2) is 0 Å². The number of thioether (sulfide) groups is 1. The molecule has 0 unspecified atom stereocenters. The summed E-state index contributed by atoms with van der Waals surface area (Å²) < 4.78 is 2.52. The van der Waals surface area contributed by atoms with E-state index in [1.807, 2.05) is 16.4 Å². The van der Waals surface area contributed by atoms with Crippen LogP contribution in [0.1, 0.15) is 38.1 Å². The Kier molecular flexibility index (Phi) is 4.62. The van der Waals surface area contributed by atoms with Gasteiger partial charge in [0.05, 0.1) is 16.4 Å². The zero-order chi connectivity index (χ0) is 13.2. The van der Waals surface area contributed by atoms with Gasteiger partial charge in [-0.05, 0) is 32.4 Å². The Labute approximate surface area is 119 Å². The smallest absolute Gasteiger partial charge is 0.0863 e. The highest BCUT2D eigenvalue weighted by molar-refractivity contribution is 8.00. The lowest BCUT2D eigenvalue weighted by Crippen LogP contribution is -2.26. The standard InChI is InChI=1S/C13H22ClN3S/c1-4-10-12(14)11(17(5-2)16-10)8-15-9-13(18-3)6-7-13/h15H,4-9H2,1-3H3. The second-order valence-electron chi connectivity index (χ2n) is 4.87. The van der Waals surface area contributed by atoms with Crippen LogP contribution in [0.4, 0.5) is 0 Å². The van der Waals surface area contributed by atoms with E-state index >= 15 is 0 Å². The summed E-state index contributed by atoms with van der Waals surface area (Å²) in [5, 5.41) is 8.93. The molecule has 18 heavy (non-hydrogen) atoms. The highest BCUT2D eigenvalue weighted by Crippen LogP contribution is 2.46. The fourth-order valence-electron chi connectivity index (χ4n) is 2.19. The molecule has 0 bridgehead atoms. The first-order valence-electron chi connectivity index (χ1n) is 6.65. The molecule has 1 aromatic rings. The normalized spacial score (nSPS) is 17.1. The van der Waals surface area contributed by atoms with Gasteiger partial charge in [0.15, 0.2) is 0 Å². The number of nitrogens with zero attached hydrogens (tertiary/aromatic N) is 2. The van der Waals surface area contributed by atoms with Crippen LogP contribution in [0, 0.1) is 0 Å².